The molecule has 0 unspecified atom stereocenters. The molecule has 0 aliphatic heterocycles. The lowest BCUT2D eigenvalue weighted by Gasteiger charge is -2.25. The zero-order chi connectivity index (χ0) is 9.72. The van der Waals surface area contributed by atoms with E-state index < -0.39 is 0 Å². The smallest absolute Gasteiger partial charge is 0.198 e. The maximum absolute atomic E-state index is 7.54. The minimum atomic E-state index is 0.315. The Morgan fingerprint density at radius 1 is 1.25 bits per heavy atom. The molecule has 0 spiro atoms. The summed E-state index contributed by atoms with van der Waals surface area (Å²) in [6, 6.07) is 0. The molecule has 0 saturated carbocycles. The van der Waals surface area contributed by atoms with Crippen LogP contribution in [0.2, 0.25) is 0 Å². The third-order valence-corrected chi connectivity index (χ3v) is 1.49. The second-order valence-electron chi connectivity index (χ2n) is 2.75. The predicted molar refractivity (Wildman–Crippen MR) is 50.8 cm³/mol. The highest BCUT2D eigenvalue weighted by Gasteiger charge is 2.09. The molecular formula is C7H17N5. The van der Waals surface area contributed by atoms with Crippen molar-refractivity contribution in [3.8, 4) is 0 Å². The van der Waals surface area contributed by atoms with E-state index >= 15 is 0 Å². The number of guanidine groups is 1. The second-order valence-corrected chi connectivity index (χ2v) is 2.75. The summed E-state index contributed by atoms with van der Waals surface area (Å²) in [5.74, 6) is 0.700. The fourth-order valence-corrected chi connectivity index (χ4v) is 0.714. The largest absolute Gasteiger partial charge is 0.349 e. The molecule has 5 heteroatoms. The fraction of sp³-hybridized carbons (Fsp3) is 0.714. The summed E-state index contributed by atoms with van der Waals surface area (Å²) in [7, 11) is 7.06. The summed E-state index contributed by atoms with van der Waals surface area (Å²) >= 11 is 0. The van der Waals surface area contributed by atoms with Crippen molar-refractivity contribution in [1.29, 1.82) is 10.8 Å². The average molecular weight is 171 g/mol. The van der Waals surface area contributed by atoms with Crippen LogP contribution in [0.15, 0.2) is 0 Å². The molecule has 0 aromatic rings. The van der Waals surface area contributed by atoms with Gasteiger partial charge < -0.3 is 15.1 Å². The van der Waals surface area contributed by atoms with Gasteiger partial charge in [-0.15, -0.1) is 0 Å². The van der Waals surface area contributed by atoms with Crippen LogP contribution >= 0.6 is 0 Å². The first-order valence-electron chi connectivity index (χ1n) is 3.72. The van der Waals surface area contributed by atoms with E-state index in [-0.39, 0.29) is 0 Å². The molecule has 0 atom stereocenters. The highest BCUT2D eigenvalue weighted by Crippen LogP contribution is 1.89. The Balaban J connectivity index is 4.10. The number of nitrogens with zero attached hydrogens (tertiary/aromatic N) is 2. The van der Waals surface area contributed by atoms with Crippen molar-refractivity contribution in [1.82, 2.24) is 15.1 Å². The Bertz CT molecular complexity index is 175. The average Bonchev–Trinajstić information content (AvgIpc) is 2.02. The van der Waals surface area contributed by atoms with Crippen LogP contribution in [0.1, 0.15) is 0 Å². The fourth-order valence-electron chi connectivity index (χ4n) is 0.714. The van der Waals surface area contributed by atoms with Crippen LogP contribution in [0.5, 0.6) is 0 Å². The van der Waals surface area contributed by atoms with Gasteiger partial charge in [-0.05, 0) is 7.05 Å². The van der Waals surface area contributed by atoms with Gasteiger partial charge in [-0.25, -0.2) is 0 Å². The van der Waals surface area contributed by atoms with E-state index in [0.29, 0.717) is 18.3 Å². The molecule has 5 nitrogen and oxygen atoms in total. The number of nitrogens with one attached hydrogen (secondary N) is 3. The van der Waals surface area contributed by atoms with E-state index in [1.54, 1.807) is 33.1 Å². The lowest BCUT2D eigenvalue weighted by atomic mass is 10.5. The highest BCUT2D eigenvalue weighted by atomic mass is 15.3. The summed E-state index contributed by atoms with van der Waals surface area (Å²) in [6.07, 6.45) is 0. The molecular weight excluding hydrogens is 154 g/mol. The first kappa shape index (κ1) is 10.9. The van der Waals surface area contributed by atoms with E-state index in [4.69, 9.17) is 10.8 Å². The number of rotatable bonds is 2. The maximum Gasteiger partial charge on any atom is 0.198 e. The molecule has 70 valence electrons. The summed E-state index contributed by atoms with van der Waals surface area (Å²) in [4.78, 5) is 3.18. The highest BCUT2D eigenvalue weighted by molar-refractivity contribution is 5.97. The van der Waals surface area contributed by atoms with E-state index in [1.807, 2.05) is 0 Å². The first-order chi connectivity index (χ1) is 5.50. The second kappa shape index (κ2) is 4.71. The SMILES string of the molecule is CNCC(=N)N(C)C(=N)N(C)C. The van der Waals surface area contributed by atoms with Gasteiger partial charge in [-0.1, -0.05) is 0 Å². The molecule has 0 aliphatic rings. The Kier molecular flexibility index (Phi) is 4.28. The monoisotopic (exact) mass is 171 g/mol. The van der Waals surface area contributed by atoms with Crippen LogP contribution in [-0.2, 0) is 0 Å². The minimum Gasteiger partial charge on any atom is -0.349 e. The van der Waals surface area contributed by atoms with Crippen LogP contribution in [0.4, 0.5) is 0 Å². The van der Waals surface area contributed by atoms with Crippen molar-refractivity contribution in [3.63, 3.8) is 0 Å². The molecule has 0 aromatic carbocycles. The lowest BCUT2D eigenvalue weighted by molar-refractivity contribution is 0.519. The molecule has 0 bridgehead atoms. The van der Waals surface area contributed by atoms with Gasteiger partial charge in [0.2, 0.25) is 0 Å². The van der Waals surface area contributed by atoms with Crippen LogP contribution in [-0.4, -0.2) is 56.3 Å². The van der Waals surface area contributed by atoms with Gasteiger partial charge in [-0.2, -0.15) is 0 Å². The van der Waals surface area contributed by atoms with Crippen molar-refractivity contribution in [3.05, 3.63) is 0 Å². The third kappa shape index (κ3) is 2.87. The molecule has 0 radical (unpaired) electrons. The van der Waals surface area contributed by atoms with E-state index in [0.717, 1.165) is 0 Å². The number of hydrogen-bond donors (Lipinski definition) is 3. The van der Waals surface area contributed by atoms with Crippen LogP contribution in [0.3, 0.4) is 0 Å². The van der Waals surface area contributed by atoms with Gasteiger partial charge in [0.25, 0.3) is 0 Å². The minimum absolute atomic E-state index is 0.315. The Morgan fingerprint density at radius 3 is 2.08 bits per heavy atom. The molecule has 0 amide bonds. The molecule has 3 N–H and O–H groups in total. The first-order valence-corrected chi connectivity index (χ1v) is 3.72. The summed E-state index contributed by atoms with van der Waals surface area (Å²) in [6.45, 7) is 0.479. The predicted octanol–water partition coefficient (Wildman–Crippen LogP) is -0.389. The zero-order valence-corrected chi connectivity index (χ0v) is 8.10. The Labute approximate surface area is 73.4 Å². The maximum atomic E-state index is 7.54. The van der Waals surface area contributed by atoms with Gasteiger partial charge in [0.05, 0.1) is 6.54 Å². The number of amidine groups is 1. The third-order valence-electron chi connectivity index (χ3n) is 1.49. The number of hydrogen-bond acceptors (Lipinski definition) is 3. The Morgan fingerprint density at radius 2 is 1.75 bits per heavy atom. The lowest BCUT2D eigenvalue weighted by Crippen LogP contribution is -2.43. The summed E-state index contributed by atoms with van der Waals surface area (Å²) < 4.78 is 0. The van der Waals surface area contributed by atoms with Crippen molar-refractivity contribution in [2.75, 3.05) is 34.7 Å². The quantitative estimate of drug-likeness (QED) is 0.391. The Hall–Kier alpha value is -1.10. The summed E-state index contributed by atoms with van der Waals surface area (Å²) in [5, 5.41) is 17.9. The molecule has 0 saturated heterocycles. The van der Waals surface area contributed by atoms with Crippen LogP contribution in [0.25, 0.3) is 0 Å². The van der Waals surface area contributed by atoms with Gasteiger partial charge in [0, 0.05) is 21.1 Å². The van der Waals surface area contributed by atoms with Crippen molar-refractivity contribution >= 4 is 11.8 Å². The standard InChI is InChI=1S/C7H17N5/c1-10-5-6(8)12(4)7(9)11(2)3/h8-10H,5H2,1-4H3. The van der Waals surface area contributed by atoms with Crippen molar-refractivity contribution < 1.29 is 0 Å². The molecule has 0 rings (SSSR count). The van der Waals surface area contributed by atoms with E-state index in [9.17, 15) is 0 Å². The summed E-state index contributed by atoms with van der Waals surface area (Å²) in [5.41, 5.74) is 0. The van der Waals surface area contributed by atoms with E-state index in [2.05, 4.69) is 5.32 Å². The molecule has 0 aliphatic carbocycles. The van der Waals surface area contributed by atoms with Crippen molar-refractivity contribution in [2.24, 2.45) is 0 Å². The molecule has 0 aromatic heterocycles. The number of likely N-dealkylation sites (N-methyl/N-ethyl adjacent to an activating group) is 2. The molecule has 0 heterocycles. The normalized spacial score (nSPS) is 9.33. The van der Waals surface area contributed by atoms with Gasteiger partial charge >= 0.3 is 0 Å². The molecule has 0 fully saturated rings. The topological polar surface area (TPSA) is 66.2 Å². The van der Waals surface area contributed by atoms with Gasteiger partial charge in [0.15, 0.2) is 5.96 Å². The van der Waals surface area contributed by atoms with Gasteiger partial charge in [-0.3, -0.25) is 10.8 Å². The van der Waals surface area contributed by atoms with Crippen LogP contribution < -0.4 is 5.32 Å². The van der Waals surface area contributed by atoms with Gasteiger partial charge in [0.1, 0.15) is 5.84 Å². The van der Waals surface area contributed by atoms with Crippen molar-refractivity contribution in [2.45, 2.75) is 0 Å². The van der Waals surface area contributed by atoms with Crippen LogP contribution in [0, 0.1) is 10.8 Å². The van der Waals surface area contributed by atoms with E-state index in [1.165, 1.54) is 4.90 Å². The molecule has 12 heavy (non-hydrogen) atoms. The zero-order valence-electron chi connectivity index (χ0n) is 8.10.